The van der Waals surface area contributed by atoms with E-state index in [1.54, 1.807) is 11.9 Å². The maximum absolute atomic E-state index is 11.7. The Bertz CT molecular complexity index is 284. The molecule has 5 nitrogen and oxygen atoms in total. The largest absolute Gasteiger partial charge is 0.442 e. The van der Waals surface area contributed by atoms with Gasteiger partial charge in [-0.2, -0.15) is 0 Å². The van der Waals surface area contributed by atoms with E-state index in [0.29, 0.717) is 6.67 Å². The summed E-state index contributed by atoms with van der Waals surface area (Å²) in [4.78, 5) is 15.4. The van der Waals surface area contributed by atoms with Crippen LogP contribution in [0, 0.1) is 0 Å². The zero-order valence-corrected chi connectivity index (χ0v) is 10.3. The Hall–Kier alpha value is -0.810. The van der Waals surface area contributed by atoms with Gasteiger partial charge in [-0.05, 0) is 27.3 Å². The summed E-state index contributed by atoms with van der Waals surface area (Å²) in [5, 5.41) is 0. The molecule has 2 aliphatic rings. The van der Waals surface area contributed by atoms with E-state index in [4.69, 9.17) is 9.47 Å². The molecular weight excluding hydrogens is 208 g/mol. The minimum Gasteiger partial charge on any atom is -0.442 e. The van der Waals surface area contributed by atoms with Gasteiger partial charge < -0.3 is 9.47 Å². The molecule has 2 saturated heterocycles. The van der Waals surface area contributed by atoms with Crippen molar-refractivity contribution in [3.8, 4) is 0 Å². The molecule has 0 aliphatic carbocycles. The third-order valence-electron chi connectivity index (χ3n) is 3.41. The number of rotatable bonds is 0. The lowest BCUT2D eigenvalue weighted by molar-refractivity contribution is -0.131. The lowest BCUT2D eigenvalue weighted by atomic mass is 9.95. The first kappa shape index (κ1) is 11.7. The number of likely N-dealkylation sites (N-methyl/N-ethyl adjacent to an activating group) is 1. The molecule has 2 aliphatic heterocycles. The van der Waals surface area contributed by atoms with Crippen molar-refractivity contribution in [2.24, 2.45) is 0 Å². The number of hydrogen-bond acceptors (Lipinski definition) is 4. The van der Waals surface area contributed by atoms with E-state index >= 15 is 0 Å². The van der Waals surface area contributed by atoms with E-state index < -0.39 is 0 Å². The van der Waals surface area contributed by atoms with Gasteiger partial charge in [-0.3, -0.25) is 9.80 Å². The molecule has 0 bridgehead atoms. The summed E-state index contributed by atoms with van der Waals surface area (Å²) in [6.45, 7) is 4.65. The Morgan fingerprint density at radius 3 is 2.69 bits per heavy atom. The van der Waals surface area contributed by atoms with Crippen LogP contribution in [0.4, 0.5) is 4.79 Å². The lowest BCUT2D eigenvalue weighted by Crippen LogP contribution is -2.53. The Morgan fingerprint density at radius 1 is 1.31 bits per heavy atom. The quantitative estimate of drug-likeness (QED) is 0.617. The van der Waals surface area contributed by atoms with Crippen LogP contribution in [0.3, 0.4) is 0 Å². The number of hydrogen-bond donors (Lipinski definition) is 0. The highest BCUT2D eigenvalue weighted by Gasteiger charge is 2.42. The van der Waals surface area contributed by atoms with Gasteiger partial charge in [-0.25, -0.2) is 4.79 Å². The lowest BCUT2D eigenvalue weighted by Gasteiger charge is -2.40. The normalized spacial score (nSPS) is 41.2. The first-order valence-corrected chi connectivity index (χ1v) is 5.76. The van der Waals surface area contributed by atoms with E-state index in [2.05, 4.69) is 11.8 Å². The number of ether oxygens (including phenoxy) is 2. The first-order valence-electron chi connectivity index (χ1n) is 5.76. The molecule has 0 N–H and O–H groups in total. The number of carbonyl (C=O) groups is 1. The van der Waals surface area contributed by atoms with Gasteiger partial charge in [0.25, 0.3) is 0 Å². The van der Waals surface area contributed by atoms with Crippen molar-refractivity contribution in [1.29, 1.82) is 0 Å². The fourth-order valence-electron chi connectivity index (χ4n) is 2.60. The van der Waals surface area contributed by atoms with Crippen molar-refractivity contribution < 1.29 is 14.3 Å². The molecule has 2 rings (SSSR count). The minimum atomic E-state index is -0.260. The Morgan fingerprint density at radius 2 is 2.00 bits per heavy atom. The molecule has 0 aromatic rings. The summed E-state index contributed by atoms with van der Waals surface area (Å²) in [5.74, 6) is 0. The number of amides is 1. The third kappa shape index (κ3) is 2.01. The summed E-state index contributed by atoms with van der Waals surface area (Å²) >= 11 is 0. The second-order valence-electron chi connectivity index (χ2n) is 4.90. The maximum Gasteiger partial charge on any atom is 0.410 e. The van der Waals surface area contributed by atoms with Gasteiger partial charge in [0.2, 0.25) is 0 Å². The van der Waals surface area contributed by atoms with E-state index in [0.717, 1.165) is 6.42 Å². The standard InChI is InChI=1S/C11H20N2O3/c1-7-5-9-10(8(2)15-7)16-11(14)13(4)6-12(9)3/h7-10H,5-6H2,1-4H3/t7-,8-,9?,10?/m0/s1. The molecule has 0 radical (unpaired) electrons. The zero-order valence-electron chi connectivity index (χ0n) is 10.3. The van der Waals surface area contributed by atoms with Crippen LogP contribution in [0.2, 0.25) is 0 Å². The van der Waals surface area contributed by atoms with Crippen molar-refractivity contribution in [2.45, 2.75) is 44.6 Å². The summed E-state index contributed by atoms with van der Waals surface area (Å²) in [6.07, 6.45) is 0.683. The van der Waals surface area contributed by atoms with E-state index in [1.165, 1.54) is 0 Å². The number of carbonyl (C=O) groups excluding carboxylic acids is 1. The second kappa shape index (κ2) is 4.22. The Kier molecular flexibility index (Phi) is 3.08. The van der Waals surface area contributed by atoms with Gasteiger partial charge in [0.1, 0.15) is 6.10 Å². The molecule has 2 fully saturated rings. The van der Waals surface area contributed by atoms with Gasteiger partial charge >= 0.3 is 6.09 Å². The fourth-order valence-corrected chi connectivity index (χ4v) is 2.60. The van der Waals surface area contributed by atoms with E-state index in [9.17, 15) is 4.79 Å². The second-order valence-corrected chi connectivity index (χ2v) is 4.90. The SMILES string of the molecule is C[C@@H]1O[C@@H](C)CC2C1OC(=O)N(C)CN2C. The van der Waals surface area contributed by atoms with Crippen LogP contribution in [-0.2, 0) is 9.47 Å². The highest BCUT2D eigenvalue weighted by atomic mass is 16.6. The molecule has 1 amide bonds. The van der Waals surface area contributed by atoms with E-state index in [-0.39, 0.29) is 30.4 Å². The van der Waals surface area contributed by atoms with Gasteiger partial charge in [0, 0.05) is 7.05 Å². The van der Waals surface area contributed by atoms with Crippen LogP contribution in [-0.4, -0.2) is 61.0 Å². The van der Waals surface area contributed by atoms with Crippen molar-refractivity contribution in [3.63, 3.8) is 0 Å². The Balaban J connectivity index is 2.20. The van der Waals surface area contributed by atoms with Crippen LogP contribution >= 0.6 is 0 Å². The van der Waals surface area contributed by atoms with Gasteiger partial charge in [-0.15, -0.1) is 0 Å². The fraction of sp³-hybridized carbons (Fsp3) is 0.909. The van der Waals surface area contributed by atoms with Gasteiger partial charge in [-0.1, -0.05) is 0 Å². The van der Waals surface area contributed by atoms with Crippen LogP contribution in [0.5, 0.6) is 0 Å². The Labute approximate surface area is 96.3 Å². The molecule has 5 heteroatoms. The molecule has 0 aromatic carbocycles. The summed E-state index contributed by atoms with van der Waals surface area (Å²) in [7, 11) is 3.78. The molecule has 0 aromatic heterocycles. The molecule has 16 heavy (non-hydrogen) atoms. The summed E-state index contributed by atoms with van der Waals surface area (Å²) in [5.41, 5.74) is 0. The average molecular weight is 228 g/mol. The molecule has 0 spiro atoms. The van der Waals surface area contributed by atoms with Crippen LogP contribution in [0.25, 0.3) is 0 Å². The monoisotopic (exact) mass is 228 g/mol. The average Bonchev–Trinajstić information content (AvgIpc) is 2.29. The zero-order chi connectivity index (χ0) is 11.9. The van der Waals surface area contributed by atoms with Gasteiger partial charge in [0.05, 0.1) is 24.9 Å². The first-order chi connectivity index (χ1) is 7.49. The number of nitrogens with zero attached hydrogens (tertiary/aromatic N) is 2. The van der Waals surface area contributed by atoms with Crippen molar-refractivity contribution in [2.75, 3.05) is 20.8 Å². The predicted octanol–water partition coefficient (Wildman–Crippen LogP) is 0.892. The van der Waals surface area contributed by atoms with Gasteiger partial charge in [0.15, 0.2) is 0 Å². The van der Waals surface area contributed by atoms with Crippen molar-refractivity contribution in [1.82, 2.24) is 9.80 Å². The molecule has 92 valence electrons. The van der Waals surface area contributed by atoms with Crippen LogP contribution in [0.15, 0.2) is 0 Å². The van der Waals surface area contributed by atoms with Crippen molar-refractivity contribution in [3.05, 3.63) is 0 Å². The predicted molar refractivity (Wildman–Crippen MR) is 59.1 cm³/mol. The highest BCUT2D eigenvalue weighted by molar-refractivity contribution is 5.67. The van der Waals surface area contributed by atoms with Crippen LogP contribution < -0.4 is 0 Å². The number of fused-ring (bicyclic) bond motifs is 1. The minimum absolute atomic E-state index is 0.0355. The molecule has 4 atom stereocenters. The summed E-state index contributed by atoms with van der Waals surface area (Å²) in [6, 6.07) is 0.257. The van der Waals surface area contributed by atoms with Crippen molar-refractivity contribution >= 4 is 6.09 Å². The maximum atomic E-state index is 11.7. The molecule has 2 heterocycles. The summed E-state index contributed by atoms with van der Waals surface area (Å²) < 4.78 is 11.2. The topological polar surface area (TPSA) is 42.0 Å². The highest BCUT2D eigenvalue weighted by Crippen LogP contribution is 2.28. The third-order valence-corrected chi connectivity index (χ3v) is 3.41. The smallest absolute Gasteiger partial charge is 0.410 e. The molecule has 2 unspecified atom stereocenters. The molecule has 0 saturated carbocycles. The molecular formula is C11H20N2O3. The van der Waals surface area contributed by atoms with Crippen LogP contribution in [0.1, 0.15) is 20.3 Å². The van der Waals surface area contributed by atoms with E-state index in [1.807, 2.05) is 14.0 Å².